The molecule has 0 radical (unpaired) electrons. The molecular formula is C25H19N5O5S3. The van der Waals surface area contributed by atoms with E-state index in [9.17, 15) is 19.7 Å². The number of esters is 1. The number of allylic oxidation sites excluding steroid dienone is 1. The van der Waals surface area contributed by atoms with E-state index in [1.165, 1.54) is 39.8 Å². The summed E-state index contributed by atoms with van der Waals surface area (Å²) in [7, 11) is 0. The van der Waals surface area contributed by atoms with Gasteiger partial charge in [-0.25, -0.2) is 19.8 Å². The average Bonchev–Trinajstić information content (AvgIpc) is 3.53. The molecule has 0 fully saturated rings. The minimum Gasteiger partial charge on any atom is -0.463 e. The number of benzene rings is 1. The quantitative estimate of drug-likeness (QED) is 0.144. The number of hydrogen-bond acceptors (Lipinski definition) is 11. The highest BCUT2D eigenvalue weighted by molar-refractivity contribution is 7.99. The van der Waals surface area contributed by atoms with Gasteiger partial charge in [-0.1, -0.05) is 17.4 Å². The van der Waals surface area contributed by atoms with E-state index in [-0.39, 0.29) is 17.9 Å². The van der Waals surface area contributed by atoms with Crippen molar-refractivity contribution in [2.75, 3.05) is 6.61 Å². The lowest BCUT2D eigenvalue weighted by atomic mass is 10.0. The summed E-state index contributed by atoms with van der Waals surface area (Å²) in [5, 5.41) is 13.8. The highest BCUT2D eigenvalue weighted by Crippen LogP contribution is 2.34. The van der Waals surface area contributed by atoms with Gasteiger partial charge >= 0.3 is 5.97 Å². The van der Waals surface area contributed by atoms with Crippen molar-refractivity contribution in [3.63, 3.8) is 0 Å². The van der Waals surface area contributed by atoms with Gasteiger partial charge in [-0.05, 0) is 60.8 Å². The summed E-state index contributed by atoms with van der Waals surface area (Å²) in [5.41, 5.74) is 0.776. The second kappa shape index (κ2) is 10.8. The molecule has 1 aliphatic heterocycles. The Balaban J connectivity index is 1.69. The number of nitro benzene ring substituents is 1. The largest absolute Gasteiger partial charge is 0.463 e. The van der Waals surface area contributed by atoms with Crippen LogP contribution in [-0.4, -0.2) is 32.0 Å². The Kier molecular flexibility index (Phi) is 7.31. The zero-order chi connectivity index (χ0) is 26.8. The van der Waals surface area contributed by atoms with Gasteiger partial charge in [0.15, 0.2) is 9.96 Å². The van der Waals surface area contributed by atoms with Crippen LogP contribution in [0.2, 0.25) is 0 Å². The van der Waals surface area contributed by atoms with Crippen LogP contribution in [0.15, 0.2) is 85.3 Å². The Hall–Kier alpha value is -3.94. The maximum absolute atomic E-state index is 13.8. The molecule has 1 aliphatic rings. The topological polar surface area (TPSA) is 130 Å². The lowest BCUT2D eigenvalue weighted by Crippen LogP contribution is -2.39. The molecule has 0 N–H and O–H groups in total. The Morgan fingerprint density at radius 2 is 2.05 bits per heavy atom. The van der Waals surface area contributed by atoms with Crippen LogP contribution < -0.4 is 14.9 Å². The molecule has 0 amide bonds. The molecule has 0 saturated heterocycles. The van der Waals surface area contributed by atoms with E-state index in [0.717, 1.165) is 16.2 Å². The lowest BCUT2D eigenvalue weighted by Gasteiger charge is -2.23. The van der Waals surface area contributed by atoms with Crippen molar-refractivity contribution in [3.05, 3.63) is 106 Å². The molecule has 5 rings (SSSR count). The van der Waals surface area contributed by atoms with Crippen molar-refractivity contribution in [2.45, 2.75) is 29.9 Å². The number of carbonyl (C=O) groups is 1. The standard InChI is InChI=1S/C25H19N5O5S3/c1-3-35-23(32)20-14(2)28-25-29(21(20)18-6-4-11-36-18)22(31)19(38-25)13-15-12-16(30(33)34)7-8-17(15)37-24-26-9-5-10-27-24/h4-13,21H,3H2,1-2H3/b19-13+/t21-/m1/s1. The SMILES string of the molecule is CCOC(=O)C1=C(C)N=c2s/c(=C/c3cc([N+](=O)[O-])ccc3Sc3ncccn3)c(=O)n2[C@@H]1c1cccs1. The van der Waals surface area contributed by atoms with Gasteiger partial charge in [0.1, 0.15) is 6.04 Å². The van der Waals surface area contributed by atoms with Crippen molar-refractivity contribution in [1.82, 2.24) is 14.5 Å². The molecule has 4 aromatic rings. The molecule has 38 heavy (non-hydrogen) atoms. The van der Waals surface area contributed by atoms with Gasteiger partial charge in [0.25, 0.3) is 11.2 Å². The van der Waals surface area contributed by atoms with E-state index < -0.39 is 16.9 Å². The summed E-state index contributed by atoms with van der Waals surface area (Å²) in [5.74, 6) is -0.526. The molecule has 1 atom stereocenters. The predicted octanol–water partition coefficient (Wildman–Crippen LogP) is 3.71. The van der Waals surface area contributed by atoms with Gasteiger partial charge in [0.05, 0.1) is 27.3 Å². The van der Waals surface area contributed by atoms with Gasteiger partial charge in [-0.2, -0.15) is 0 Å². The van der Waals surface area contributed by atoms with Crippen molar-refractivity contribution in [2.24, 2.45) is 4.99 Å². The van der Waals surface area contributed by atoms with Crippen molar-refractivity contribution < 1.29 is 14.5 Å². The molecule has 3 aromatic heterocycles. The molecule has 4 heterocycles. The molecule has 0 spiro atoms. The van der Waals surface area contributed by atoms with Crippen LogP contribution in [0.25, 0.3) is 6.08 Å². The minimum atomic E-state index is -0.691. The predicted molar refractivity (Wildman–Crippen MR) is 144 cm³/mol. The molecular weight excluding hydrogens is 547 g/mol. The summed E-state index contributed by atoms with van der Waals surface area (Å²) in [4.78, 5) is 52.6. The van der Waals surface area contributed by atoms with E-state index in [4.69, 9.17) is 4.74 Å². The first-order valence-corrected chi connectivity index (χ1v) is 13.8. The van der Waals surface area contributed by atoms with Gasteiger partial charge in [-0.3, -0.25) is 19.5 Å². The number of thiophene rings is 1. The Bertz CT molecular complexity index is 1740. The Morgan fingerprint density at radius 3 is 2.74 bits per heavy atom. The van der Waals surface area contributed by atoms with Crippen LogP contribution in [0.4, 0.5) is 5.69 Å². The number of fused-ring (bicyclic) bond motifs is 1. The number of hydrogen-bond donors (Lipinski definition) is 0. The zero-order valence-corrected chi connectivity index (χ0v) is 22.5. The molecule has 192 valence electrons. The number of ether oxygens (including phenoxy) is 1. The Labute approximate surface area is 227 Å². The molecule has 0 saturated carbocycles. The number of rotatable bonds is 7. The summed E-state index contributed by atoms with van der Waals surface area (Å²) >= 11 is 3.81. The van der Waals surface area contributed by atoms with Crippen LogP contribution >= 0.6 is 34.4 Å². The first-order valence-electron chi connectivity index (χ1n) is 11.3. The third-order valence-electron chi connectivity index (χ3n) is 5.56. The Morgan fingerprint density at radius 1 is 1.26 bits per heavy atom. The highest BCUT2D eigenvalue weighted by Gasteiger charge is 2.34. The number of nitro groups is 1. The van der Waals surface area contributed by atoms with Crippen LogP contribution in [0.1, 0.15) is 30.3 Å². The lowest BCUT2D eigenvalue weighted by molar-refractivity contribution is -0.384. The molecule has 1 aromatic carbocycles. The fraction of sp³-hybridized carbons (Fsp3) is 0.160. The summed E-state index contributed by atoms with van der Waals surface area (Å²) in [6.45, 7) is 3.63. The smallest absolute Gasteiger partial charge is 0.338 e. The molecule has 0 bridgehead atoms. The van der Waals surface area contributed by atoms with Crippen LogP contribution in [0.5, 0.6) is 0 Å². The fourth-order valence-corrected chi connectivity index (χ4v) is 6.60. The summed E-state index contributed by atoms with van der Waals surface area (Å²) in [6.07, 6.45) is 4.82. The fourth-order valence-electron chi connectivity index (χ4n) is 3.94. The number of thiazole rings is 1. The third kappa shape index (κ3) is 4.95. The van der Waals surface area contributed by atoms with Gasteiger partial charge in [0.2, 0.25) is 0 Å². The molecule has 0 aliphatic carbocycles. The van der Waals surface area contributed by atoms with E-state index in [2.05, 4.69) is 15.0 Å². The molecule has 13 heteroatoms. The van der Waals surface area contributed by atoms with Gasteiger partial charge in [-0.15, -0.1) is 11.3 Å². The number of carbonyl (C=O) groups excluding carboxylic acids is 1. The van der Waals surface area contributed by atoms with E-state index in [1.54, 1.807) is 44.4 Å². The monoisotopic (exact) mass is 565 g/mol. The van der Waals surface area contributed by atoms with E-state index in [1.807, 2.05) is 17.5 Å². The van der Waals surface area contributed by atoms with Gasteiger partial charge in [0, 0.05) is 34.3 Å². The minimum absolute atomic E-state index is 0.112. The van der Waals surface area contributed by atoms with Crippen molar-refractivity contribution in [1.29, 1.82) is 0 Å². The number of aromatic nitrogens is 3. The molecule has 0 unspecified atom stereocenters. The average molecular weight is 566 g/mol. The summed E-state index contributed by atoms with van der Waals surface area (Å²) in [6, 6.07) is 9.14. The third-order valence-corrected chi connectivity index (χ3v) is 8.46. The summed E-state index contributed by atoms with van der Waals surface area (Å²) < 4.78 is 7.11. The second-order valence-corrected chi connectivity index (χ2v) is 10.9. The molecule has 10 nitrogen and oxygen atoms in total. The van der Waals surface area contributed by atoms with Crippen LogP contribution in [-0.2, 0) is 9.53 Å². The van der Waals surface area contributed by atoms with Crippen LogP contribution in [0, 0.1) is 10.1 Å². The normalized spacial score (nSPS) is 15.2. The maximum Gasteiger partial charge on any atom is 0.338 e. The van der Waals surface area contributed by atoms with Crippen molar-refractivity contribution >= 4 is 52.2 Å². The van der Waals surface area contributed by atoms with Gasteiger partial charge < -0.3 is 4.74 Å². The highest BCUT2D eigenvalue weighted by atomic mass is 32.2. The van der Waals surface area contributed by atoms with E-state index >= 15 is 0 Å². The van der Waals surface area contributed by atoms with Crippen LogP contribution in [0.3, 0.4) is 0 Å². The van der Waals surface area contributed by atoms with Crippen molar-refractivity contribution in [3.8, 4) is 0 Å². The maximum atomic E-state index is 13.8. The number of non-ortho nitro benzene ring substituents is 1. The van der Waals surface area contributed by atoms with E-state index in [0.29, 0.717) is 36.2 Å². The first kappa shape index (κ1) is 25.7. The zero-order valence-electron chi connectivity index (χ0n) is 20.1. The first-order chi connectivity index (χ1) is 18.4. The second-order valence-electron chi connectivity index (χ2n) is 7.93. The number of nitrogens with zero attached hydrogens (tertiary/aromatic N) is 5.